The summed E-state index contributed by atoms with van der Waals surface area (Å²) in [4.78, 5) is 39.7. The molecule has 1 fully saturated rings. The number of amides is 3. The van der Waals surface area contributed by atoms with E-state index < -0.39 is 40.8 Å². The molecule has 1 aliphatic heterocycles. The topological polar surface area (TPSA) is 128 Å². The van der Waals surface area contributed by atoms with Crippen molar-refractivity contribution in [2.45, 2.75) is 44.7 Å². The zero-order valence-corrected chi connectivity index (χ0v) is 18.2. The molecular formula is C22H20F3N5O4. The van der Waals surface area contributed by atoms with E-state index in [0.29, 0.717) is 6.92 Å². The first kappa shape index (κ1) is 23.2. The van der Waals surface area contributed by atoms with Crippen molar-refractivity contribution in [3.05, 3.63) is 51.3 Å². The highest BCUT2D eigenvalue weighted by molar-refractivity contribution is 5.95. The third-order valence-electron chi connectivity index (χ3n) is 5.44. The Kier molecular flexibility index (Phi) is 5.51. The van der Waals surface area contributed by atoms with Crippen LogP contribution in [-0.2, 0) is 12.1 Å². The highest BCUT2D eigenvalue weighted by Crippen LogP contribution is 2.44. The molecule has 3 amide bonds. The summed E-state index contributed by atoms with van der Waals surface area (Å²) in [5, 5.41) is 4.59. The molecule has 1 saturated carbocycles. The van der Waals surface area contributed by atoms with Crippen LogP contribution in [0.25, 0.3) is 0 Å². The van der Waals surface area contributed by atoms with Crippen molar-refractivity contribution in [2.24, 2.45) is 11.7 Å². The smallest absolute Gasteiger partial charge is 0.385 e. The molecular weight excluding hydrogens is 455 g/mol. The van der Waals surface area contributed by atoms with Gasteiger partial charge in [0.15, 0.2) is 5.54 Å². The Hall–Kier alpha value is -4.01. The second-order valence-corrected chi connectivity index (χ2v) is 8.29. The molecule has 0 radical (unpaired) electrons. The number of anilines is 1. The van der Waals surface area contributed by atoms with Gasteiger partial charge in [0.1, 0.15) is 5.82 Å². The van der Waals surface area contributed by atoms with E-state index in [4.69, 9.17) is 5.73 Å². The minimum atomic E-state index is -3.55. The molecule has 12 heteroatoms. The Morgan fingerprint density at radius 2 is 2.09 bits per heavy atom. The first-order valence-electron chi connectivity index (χ1n) is 10.3. The Morgan fingerprint density at radius 1 is 1.38 bits per heavy atom. The third kappa shape index (κ3) is 4.28. The predicted octanol–water partition coefficient (Wildman–Crippen LogP) is 2.60. The van der Waals surface area contributed by atoms with Gasteiger partial charge in [0.25, 0.3) is 11.8 Å². The molecule has 4 rings (SSSR count). The molecule has 4 N–H and O–H groups in total. The summed E-state index contributed by atoms with van der Waals surface area (Å²) in [5.41, 5.74) is 1.52. The number of halogens is 3. The molecule has 178 valence electrons. The van der Waals surface area contributed by atoms with Crippen LogP contribution in [0.5, 0.6) is 5.88 Å². The molecule has 0 spiro atoms. The molecule has 1 aliphatic carbocycles. The van der Waals surface area contributed by atoms with E-state index in [2.05, 4.69) is 32.2 Å². The lowest BCUT2D eigenvalue weighted by molar-refractivity contribution is -0.0465. The Labute approximate surface area is 191 Å². The predicted molar refractivity (Wildman–Crippen MR) is 114 cm³/mol. The lowest BCUT2D eigenvalue weighted by Gasteiger charge is -2.40. The molecule has 0 unspecified atom stereocenters. The average Bonchev–Trinajstić information content (AvgIpc) is 3.54. The zero-order valence-electron chi connectivity index (χ0n) is 18.2. The average molecular weight is 475 g/mol. The number of aromatic nitrogens is 2. The second kappa shape index (κ2) is 8.09. The van der Waals surface area contributed by atoms with E-state index in [0.717, 1.165) is 23.5 Å². The van der Waals surface area contributed by atoms with Gasteiger partial charge in [-0.25, -0.2) is 27.7 Å². The maximum absolute atomic E-state index is 15.2. The van der Waals surface area contributed by atoms with Crippen molar-refractivity contribution in [3.8, 4) is 17.7 Å². The van der Waals surface area contributed by atoms with E-state index in [1.54, 1.807) is 0 Å². The van der Waals surface area contributed by atoms with Crippen molar-refractivity contribution < 1.29 is 27.5 Å². The van der Waals surface area contributed by atoms with Gasteiger partial charge in [0.05, 0.1) is 12.2 Å². The number of fused-ring (bicyclic) bond motifs is 1. The molecule has 0 saturated heterocycles. The van der Waals surface area contributed by atoms with Crippen LogP contribution in [0, 0.1) is 30.5 Å². The normalized spacial score (nSPS) is 19.3. The lowest BCUT2D eigenvalue weighted by atomic mass is 9.81. The molecule has 1 atom stereocenters. The fourth-order valence-electron chi connectivity index (χ4n) is 3.64. The summed E-state index contributed by atoms with van der Waals surface area (Å²) in [6, 6.07) is 1.11. The summed E-state index contributed by atoms with van der Waals surface area (Å²) in [6.07, 6.45) is 1.58. The summed E-state index contributed by atoms with van der Waals surface area (Å²) in [6.45, 7) is 1.74. The summed E-state index contributed by atoms with van der Waals surface area (Å²) < 4.78 is 50.5. The van der Waals surface area contributed by atoms with Gasteiger partial charge in [-0.3, -0.25) is 4.79 Å². The number of alkyl halides is 2. The van der Waals surface area contributed by atoms with E-state index in [9.17, 15) is 23.2 Å². The molecule has 2 aromatic rings. The van der Waals surface area contributed by atoms with Crippen molar-refractivity contribution in [2.75, 3.05) is 5.32 Å². The van der Waals surface area contributed by atoms with Gasteiger partial charge in [-0.1, -0.05) is 11.8 Å². The van der Waals surface area contributed by atoms with Crippen LogP contribution in [0.4, 0.5) is 28.4 Å². The molecule has 2 aliphatic rings. The Bertz CT molecular complexity index is 1320. The number of nitrogens with two attached hydrogens (primary N) is 1. The van der Waals surface area contributed by atoms with Crippen LogP contribution < -0.4 is 26.7 Å². The molecule has 0 bridgehead atoms. The van der Waals surface area contributed by atoms with Gasteiger partial charge in [-0.2, -0.15) is 0 Å². The maximum atomic E-state index is 15.2. The van der Waals surface area contributed by atoms with Crippen LogP contribution in [-0.4, -0.2) is 27.6 Å². The number of hydrogen-bond donors (Lipinski definition) is 3. The molecule has 1 aromatic carbocycles. The van der Waals surface area contributed by atoms with Gasteiger partial charge in [0.2, 0.25) is 0 Å². The number of ether oxygens (including phenoxy) is 1. The van der Waals surface area contributed by atoms with E-state index >= 15 is 4.39 Å². The van der Waals surface area contributed by atoms with E-state index in [-0.39, 0.29) is 35.0 Å². The number of primary amides is 1. The van der Waals surface area contributed by atoms with Crippen molar-refractivity contribution >= 4 is 17.8 Å². The SMILES string of the molecule is Cc1cn(Cc2cc3c(cc2F)[C@@](C#CC2CC2)(C(C)(F)F)NC(=O)N3)c(=O)c(OC(N)=O)n1. The van der Waals surface area contributed by atoms with Crippen LogP contribution in [0.1, 0.15) is 36.6 Å². The quantitative estimate of drug-likeness (QED) is 0.586. The van der Waals surface area contributed by atoms with E-state index in [1.807, 2.05) is 0 Å². The number of aryl methyl sites for hydroxylation is 1. The van der Waals surface area contributed by atoms with Crippen LogP contribution in [0.15, 0.2) is 23.1 Å². The van der Waals surface area contributed by atoms with Gasteiger partial charge in [-0.05, 0) is 31.9 Å². The highest BCUT2D eigenvalue weighted by atomic mass is 19.3. The number of hydrogen-bond acceptors (Lipinski definition) is 5. The van der Waals surface area contributed by atoms with Crippen LogP contribution >= 0.6 is 0 Å². The lowest BCUT2D eigenvalue weighted by Crippen LogP contribution is -2.59. The summed E-state index contributed by atoms with van der Waals surface area (Å²) in [7, 11) is 0. The first-order chi connectivity index (χ1) is 15.9. The third-order valence-corrected chi connectivity index (χ3v) is 5.44. The zero-order chi connectivity index (χ0) is 24.8. The minimum absolute atomic E-state index is 0.0443. The molecule has 9 nitrogen and oxygen atoms in total. The Morgan fingerprint density at radius 3 is 2.71 bits per heavy atom. The Balaban J connectivity index is 1.81. The van der Waals surface area contributed by atoms with Gasteiger partial charge >= 0.3 is 17.7 Å². The largest absolute Gasteiger partial charge is 0.411 e. The van der Waals surface area contributed by atoms with Crippen LogP contribution in [0.3, 0.4) is 0 Å². The molecule has 2 heterocycles. The van der Waals surface area contributed by atoms with Gasteiger partial charge < -0.3 is 25.7 Å². The molecule has 34 heavy (non-hydrogen) atoms. The number of nitrogens with one attached hydrogen (secondary N) is 2. The van der Waals surface area contributed by atoms with Gasteiger partial charge in [-0.15, -0.1) is 0 Å². The second-order valence-electron chi connectivity index (χ2n) is 8.29. The highest BCUT2D eigenvalue weighted by Gasteiger charge is 2.55. The number of rotatable bonds is 4. The summed E-state index contributed by atoms with van der Waals surface area (Å²) in [5.74, 6) is 0.156. The van der Waals surface area contributed by atoms with Gasteiger partial charge in [0, 0.05) is 35.9 Å². The van der Waals surface area contributed by atoms with Crippen LogP contribution in [0.2, 0.25) is 0 Å². The first-order valence-corrected chi connectivity index (χ1v) is 10.3. The number of carbonyl (C=O) groups excluding carboxylic acids is 2. The fourth-order valence-corrected chi connectivity index (χ4v) is 3.64. The minimum Gasteiger partial charge on any atom is -0.385 e. The van der Waals surface area contributed by atoms with Crippen molar-refractivity contribution in [1.82, 2.24) is 14.9 Å². The van der Waals surface area contributed by atoms with E-state index in [1.165, 1.54) is 19.2 Å². The maximum Gasteiger partial charge on any atom is 0.411 e. The summed E-state index contributed by atoms with van der Waals surface area (Å²) >= 11 is 0. The number of nitrogens with zero attached hydrogens (tertiary/aromatic N) is 2. The fraction of sp³-hybridized carbons (Fsp3) is 0.364. The molecule has 1 aromatic heterocycles. The van der Waals surface area contributed by atoms with Crippen molar-refractivity contribution in [1.29, 1.82) is 0 Å². The number of benzene rings is 1. The van der Waals surface area contributed by atoms with Crippen molar-refractivity contribution in [3.63, 3.8) is 0 Å². The standard InChI is InChI=1S/C22H20F3N5O4/c1-11-9-30(18(31)17(27-11)34-19(26)32)10-13-7-16-14(8-15(13)23)22(21(2,24)25,29-20(33)28-16)6-5-12-3-4-12/h7-9,12H,3-4,10H2,1-2H3,(H2,26,32)(H2,28,29,33)/t22-/m0/s1. The number of urea groups is 1. The monoisotopic (exact) mass is 475 g/mol. The number of carbonyl (C=O) groups is 2.